The maximum atomic E-state index is 9.62. The molecule has 4 heteroatoms. The molecule has 0 aliphatic carbocycles. The predicted octanol–water partition coefficient (Wildman–Crippen LogP) is 2.86. The molecule has 0 heterocycles. The lowest BCUT2D eigenvalue weighted by molar-refractivity contribution is 0.477. The molecule has 1 rings (SSSR count). The third kappa shape index (κ3) is 3.25. The Morgan fingerprint density at radius 1 is 1.35 bits per heavy atom. The number of phenolic OH excluding ortho intramolecular Hbond substituents is 1. The molecule has 1 aromatic carbocycles. The van der Waals surface area contributed by atoms with E-state index in [1.807, 2.05) is 19.9 Å². The number of anilines is 1. The van der Waals surface area contributed by atoms with E-state index in [0.717, 1.165) is 5.56 Å². The molecular formula is C13H13N3O. The van der Waals surface area contributed by atoms with E-state index in [1.54, 1.807) is 24.3 Å². The van der Waals surface area contributed by atoms with Crippen molar-refractivity contribution in [3.8, 4) is 17.9 Å². The zero-order chi connectivity index (χ0) is 12.8. The van der Waals surface area contributed by atoms with Crippen LogP contribution in [0.5, 0.6) is 5.75 Å². The second-order valence-electron chi connectivity index (χ2n) is 3.86. The molecule has 0 spiro atoms. The quantitative estimate of drug-likeness (QED) is 0.614. The molecule has 17 heavy (non-hydrogen) atoms. The molecule has 0 saturated carbocycles. The van der Waals surface area contributed by atoms with Crippen molar-refractivity contribution < 1.29 is 5.11 Å². The van der Waals surface area contributed by atoms with Crippen LogP contribution < -0.4 is 5.32 Å². The van der Waals surface area contributed by atoms with Gasteiger partial charge in [0.2, 0.25) is 0 Å². The second-order valence-corrected chi connectivity index (χ2v) is 3.86. The van der Waals surface area contributed by atoms with E-state index < -0.39 is 0 Å². The Morgan fingerprint density at radius 2 is 2.00 bits per heavy atom. The summed E-state index contributed by atoms with van der Waals surface area (Å²) in [7, 11) is 0. The van der Waals surface area contributed by atoms with Crippen molar-refractivity contribution in [2.45, 2.75) is 19.8 Å². The van der Waals surface area contributed by atoms with Gasteiger partial charge in [0.15, 0.2) is 0 Å². The molecule has 1 aromatic rings. The second kappa shape index (κ2) is 5.58. The SMILES string of the molecule is CC(C)c1ccc(O)c(NC=C(C#N)C#N)c1. The topological polar surface area (TPSA) is 79.8 Å². The first-order valence-electron chi connectivity index (χ1n) is 5.18. The fourth-order valence-corrected chi connectivity index (χ4v) is 1.27. The van der Waals surface area contributed by atoms with Gasteiger partial charge in [-0.1, -0.05) is 19.9 Å². The molecular weight excluding hydrogens is 214 g/mol. The lowest BCUT2D eigenvalue weighted by atomic mass is 10.0. The van der Waals surface area contributed by atoms with Gasteiger partial charge in [0.25, 0.3) is 0 Å². The molecule has 0 aliphatic heterocycles. The first-order valence-corrected chi connectivity index (χ1v) is 5.18. The number of hydrogen-bond donors (Lipinski definition) is 2. The van der Waals surface area contributed by atoms with Gasteiger partial charge in [-0.3, -0.25) is 0 Å². The van der Waals surface area contributed by atoms with E-state index in [2.05, 4.69) is 5.32 Å². The molecule has 0 saturated heterocycles. The van der Waals surface area contributed by atoms with Crippen molar-refractivity contribution in [2.75, 3.05) is 5.32 Å². The van der Waals surface area contributed by atoms with Crippen LogP contribution in [-0.2, 0) is 0 Å². The van der Waals surface area contributed by atoms with Crippen molar-refractivity contribution in [1.29, 1.82) is 10.5 Å². The Hall–Kier alpha value is -2.46. The molecule has 0 fully saturated rings. The Bertz CT molecular complexity index is 502. The minimum atomic E-state index is -0.0423. The smallest absolute Gasteiger partial charge is 0.145 e. The number of nitrogens with zero attached hydrogens (tertiary/aromatic N) is 2. The van der Waals surface area contributed by atoms with E-state index >= 15 is 0 Å². The summed E-state index contributed by atoms with van der Waals surface area (Å²) >= 11 is 0. The molecule has 0 aliphatic rings. The number of rotatable bonds is 3. The number of aromatic hydroxyl groups is 1. The van der Waals surface area contributed by atoms with Crippen molar-refractivity contribution in [3.63, 3.8) is 0 Å². The Morgan fingerprint density at radius 3 is 2.53 bits per heavy atom. The molecule has 0 atom stereocenters. The Kier molecular flexibility index (Phi) is 4.14. The first-order chi connectivity index (χ1) is 8.08. The van der Waals surface area contributed by atoms with Crippen molar-refractivity contribution >= 4 is 5.69 Å². The van der Waals surface area contributed by atoms with E-state index in [0.29, 0.717) is 11.6 Å². The first kappa shape index (κ1) is 12.6. The summed E-state index contributed by atoms with van der Waals surface area (Å²) in [5.41, 5.74) is 1.51. The maximum absolute atomic E-state index is 9.62. The molecule has 0 unspecified atom stereocenters. The zero-order valence-electron chi connectivity index (χ0n) is 9.73. The molecule has 0 aromatic heterocycles. The highest BCUT2D eigenvalue weighted by Gasteiger charge is 2.04. The van der Waals surface area contributed by atoms with Gasteiger partial charge in [-0.05, 0) is 23.6 Å². The van der Waals surface area contributed by atoms with Gasteiger partial charge in [-0.15, -0.1) is 0 Å². The fourth-order valence-electron chi connectivity index (χ4n) is 1.27. The number of nitrogens with one attached hydrogen (secondary N) is 1. The minimum absolute atomic E-state index is 0.0423. The Labute approximate surface area is 100 Å². The number of hydrogen-bond acceptors (Lipinski definition) is 4. The van der Waals surface area contributed by atoms with E-state index in [9.17, 15) is 5.11 Å². The van der Waals surface area contributed by atoms with Gasteiger partial charge in [-0.2, -0.15) is 10.5 Å². The Balaban J connectivity index is 3.00. The van der Waals surface area contributed by atoms with Crippen LogP contribution in [0.4, 0.5) is 5.69 Å². The largest absolute Gasteiger partial charge is 0.506 e. The lowest BCUT2D eigenvalue weighted by Crippen LogP contribution is -1.93. The van der Waals surface area contributed by atoms with Crippen LogP contribution in [0, 0.1) is 22.7 Å². The average Bonchev–Trinajstić information content (AvgIpc) is 2.32. The van der Waals surface area contributed by atoms with Crippen LogP contribution in [0.1, 0.15) is 25.3 Å². The molecule has 0 amide bonds. The van der Waals surface area contributed by atoms with Crippen LogP contribution in [0.3, 0.4) is 0 Å². The summed E-state index contributed by atoms with van der Waals surface area (Å²) in [5.74, 6) is 0.424. The number of allylic oxidation sites excluding steroid dienone is 1. The standard InChI is InChI=1S/C13H13N3O/c1-9(2)11-3-4-13(17)12(5-11)16-8-10(6-14)7-15/h3-5,8-9,16-17H,1-2H3. The highest BCUT2D eigenvalue weighted by atomic mass is 16.3. The van der Waals surface area contributed by atoms with Crippen molar-refractivity contribution in [3.05, 3.63) is 35.5 Å². The number of phenols is 1. The summed E-state index contributed by atoms with van der Waals surface area (Å²) < 4.78 is 0. The summed E-state index contributed by atoms with van der Waals surface area (Å²) in [6.45, 7) is 4.09. The highest BCUT2D eigenvalue weighted by Crippen LogP contribution is 2.27. The van der Waals surface area contributed by atoms with Crippen molar-refractivity contribution in [2.24, 2.45) is 0 Å². The molecule has 2 N–H and O–H groups in total. The zero-order valence-corrected chi connectivity index (χ0v) is 9.73. The molecule has 86 valence electrons. The monoisotopic (exact) mass is 227 g/mol. The molecule has 0 bridgehead atoms. The molecule has 4 nitrogen and oxygen atoms in total. The van der Waals surface area contributed by atoms with Gasteiger partial charge < -0.3 is 10.4 Å². The summed E-state index contributed by atoms with van der Waals surface area (Å²) in [6, 6.07) is 8.69. The lowest BCUT2D eigenvalue weighted by Gasteiger charge is -2.09. The van der Waals surface area contributed by atoms with E-state index in [-0.39, 0.29) is 11.3 Å². The van der Waals surface area contributed by atoms with Crippen molar-refractivity contribution in [1.82, 2.24) is 0 Å². The van der Waals surface area contributed by atoms with E-state index in [1.165, 1.54) is 6.20 Å². The third-order valence-corrected chi connectivity index (χ3v) is 2.30. The normalized spacial score (nSPS) is 9.24. The maximum Gasteiger partial charge on any atom is 0.145 e. The summed E-state index contributed by atoms with van der Waals surface area (Å²) in [6.07, 6.45) is 1.28. The number of nitriles is 2. The van der Waals surface area contributed by atoms with Crippen LogP contribution in [0.25, 0.3) is 0 Å². The van der Waals surface area contributed by atoms with Gasteiger partial charge in [-0.25, -0.2) is 0 Å². The van der Waals surface area contributed by atoms with Gasteiger partial charge in [0.1, 0.15) is 23.5 Å². The van der Waals surface area contributed by atoms with Crippen LogP contribution in [0.2, 0.25) is 0 Å². The number of benzene rings is 1. The minimum Gasteiger partial charge on any atom is -0.506 e. The van der Waals surface area contributed by atoms with Crippen LogP contribution in [-0.4, -0.2) is 5.11 Å². The third-order valence-electron chi connectivity index (χ3n) is 2.30. The summed E-state index contributed by atoms with van der Waals surface area (Å²) in [5, 5.41) is 29.5. The average molecular weight is 227 g/mol. The van der Waals surface area contributed by atoms with E-state index in [4.69, 9.17) is 10.5 Å². The van der Waals surface area contributed by atoms with Crippen LogP contribution >= 0.6 is 0 Å². The van der Waals surface area contributed by atoms with Gasteiger partial charge in [0, 0.05) is 6.20 Å². The summed E-state index contributed by atoms with van der Waals surface area (Å²) in [4.78, 5) is 0. The van der Waals surface area contributed by atoms with Crippen LogP contribution in [0.15, 0.2) is 30.0 Å². The highest BCUT2D eigenvalue weighted by molar-refractivity contribution is 5.60. The van der Waals surface area contributed by atoms with Gasteiger partial charge in [0.05, 0.1) is 5.69 Å². The fraction of sp³-hybridized carbons (Fsp3) is 0.231. The van der Waals surface area contributed by atoms with Gasteiger partial charge >= 0.3 is 0 Å². The predicted molar refractivity (Wildman–Crippen MR) is 65.1 cm³/mol. The molecule has 0 radical (unpaired) electrons.